The molecule has 0 fully saturated rings. The molecule has 0 radical (unpaired) electrons. The first-order valence-electron chi connectivity index (χ1n) is 3.95. The standard InChI is InChI=1S/C10H17NO/c1-5-10(12-4)7-6-9(2)8-11-3/h5-7,11H,2,8H2,1,3-4H3/b7-6-,10-5+. The second-order valence-corrected chi connectivity index (χ2v) is 2.42. The summed E-state index contributed by atoms with van der Waals surface area (Å²) < 4.78 is 5.04. The van der Waals surface area contributed by atoms with E-state index in [2.05, 4.69) is 11.9 Å². The second-order valence-electron chi connectivity index (χ2n) is 2.42. The van der Waals surface area contributed by atoms with Crippen molar-refractivity contribution < 1.29 is 4.74 Å². The number of hydrogen-bond acceptors (Lipinski definition) is 2. The van der Waals surface area contributed by atoms with Crippen molar-refractivity contribution in [3.05, 3.63) is 36.1 Å². The second kappa shape index (κ2) is 6.68. The number of rotatable bonds is 5. The highest BCUT2D eigenvalue weighted by Crippen LogP contribution is 1.99. The zero-order chi connectivity index (χ0) is 9.40. The Morgan fingerprint density at radius 3 is 2.58 bits per heavy atom. The summed E-state index contributed by atoms with van der Waals surface area (Å²) in [5.41, 5.74) is 1.04. The van der Waals surface area contributed by atoms with Gasteiger partial charge in [-0.25, -0.2) is 0 Å². The first kappa shape index (κ1) is 11.0. The third kappa shape index (κ3) is 4.74. The monoisotopic (exact) mass is 167 g/mol. The molecule has 0 aliphatic rings. The van der Waals surface area contributed by atoms with E-state index in [9.17, 15) is 0 Å². The van der Waals surface area contributed by atoms with Gasteiger partial charge in [0.25, 0.3) is 0 Å². The van der Waals surface area contributed by atoms with E-state index in [1.165, 1.54) is 0 Å². The minimum absolute atomic E-state index is 0.803. The van der Waals surface area contributed by atoms with Crippen molar-refractivity contribution in [3.63, 3.8) is 0 Å². The lowest BCUT2D eigenvalue weighted by molar-refractivity contribution is 0.306. The van der Waals surface area contributed by atoms with Crippen molar-refractivity contribution in [1.82, 2.24) is 5.32 Å². The fraction of sp³-hybridized carbons (Fsp3) is 0.400. The average molecular weight is 167 g/mol. The summed E-state index contributed by atoms with van der Waals surface area (Å²) >= 11 is 0. The van der Waals surface area contributed by atoms with Crippen molar-refractivity contribution in [2.45, 2.75) is 6.92 Å². The molecule has 2 nitrogen and oxygen atoms in total. The lowest BCUT2D eigenvalue weighted by atomic mass is 10.2. The Morgan fingerprint density at radius 2 is 2.17 bits per heavy atom. The van der Waals surface area contributed by atoms with E-state index in [0.717, 1.165) is 17.9 Å². The van der Waals surface area contributed by atoms with E-state index in [4.69, 9.17) is 4.74 Å². The summed E-state index contributed by atoms with van der Waals surface area (Å²) in [6.07, 6.45) is 5.75. The van der Waals surface area contributed by atoms with E-state index < -0.39 is 0 Å². The molecule has 12 heavy (non-hydrogen) atoms. The van der Waals surface area contributed by atoms with Gasteiger partial charge in [-0.15, -0.1) is 0 Å². The van der Waals surface area contributed by atoms with Crippen LogP contribution < -0.4 is 5.32 Å². The fourth-order valence-electron chi connectivity index (χ4n) is 0.768. The fourth-order valence-corrected chi connectivity index (χ4v) is 0.768. The van der Waals surface area contributed by atoms with Crippen LogP contribution in [0, 0.1) is 0 Å². The Labute approximate surface area is 74.6 Å². The maximum atomic E-state index is 5.04. The van der Waals surface area contributed by atoms with E-state index in [0.29, 0.717) is 0 Å². The SMILES string of the molecule is C=C(/C=C\C(=C/C)OC)CNC. The number of likely N-dealkylation sites (N-methyl/N-ethyl adjacent to an activating group) is 1. The van der Waals surface area contributed by atoms with Crippen LogP contribution in [0.3, 0.4) is 0 Å². The lowest BCUT2D eigenvalue weighted by Gasteiger charge is -1.99. The van der Waals surface area contributed by atoms with E-state index in [1.54, 1.807) is 7.11 Å². The molecule has 0 spiro atoms. The predicted molar refractivity (Wildman–Crippen MR) is 53.0 cm³/mol. The highest BCUT2D eigenvalue weighted by Gasteiger charge is 1.87. The van der Waals surface area contributed by atoms with Gasteiger partial charge in [-0.3, -0.25) is 0 Å². The van der Waals surface area contributed by atoms with Gasteiger partial charge < -0.3 is 10.1 Å². The number of hydrogen-bond donors (Lipinski definition) is 1. The lowest BCUT2D eigenvalue weighted by Crippen LogP contribution is -2.08. The number of methoxy groups -OCH3 is 1. The van der Waals surface area contributed by atoms with Crippen LogP contribution in [0.2, 0.25) is 0 Å². The first-order chi connectivity index (χ1) is 5.74. The maximum Gasteiger partial charge on any atom is 0.114 e. The van der Waals surface area contributed by atoms with Gasteiger partial charge in [-0.2, -0.15) is 0 Å². The zero-order valence-electron chi connectivity index (χ0n) is 8.05. The molecule has 0 aliphatic carbocycles. The Balaban J connectivity index is 3.96. The van der Waals surface area contributed by atoms with Crippen LogP contribution in [0.15, 0.2) is 36.1 Å². The Hall–Kier alpha value is -1.02. The highest BCUT2D eigenvalue weighted by atomic mass is 16.5. The largest absolute Gasteiger partial charge is 0.497 e. The highest BCUT2D eigenvalue weighted by molar-refractivity contribution is 5.23. The molecule has 0 aromatic carbocycles. The van der Waals surface area contributed by atoms with Crippen LogP contribution in [0.4, 0.5) is 0 Å². The molecule has 0 atom stereocenters. The van der Waals surface area contributed by atoms with E-state index >= 15 is 0 Å². The Kier molecular flexibility index (Phi) is 6.11. The van der Waals surface area contributed by atoms with Gasteiger partial charge in [0.2, 0.25) is 0 Å². The minimum atomic E-state index is 0.803. The van der Waals surface area contributed by atoms with Gasteiger partial charge in [0, 0.05) is 6.54 Å². The van der Waals surface area contributed by atoms with E-state index in [-0.39, 0.29) is 0 Å². The zero-order valence-corrected chi connectivity index (χ0v) is 8.05. The molecule has 1 N–H and O–H groups in total. The minimum Gasteiger partial charge on any atom is -0.497 e. The maximum absolute atomic E-state index is 5.04. The van der Waals surface area contributed by atoms with Crippen molar-refractivity contribution >= 4 is 0 Å². The molecule has 68 valence electrons. The van der Waals surface area contributed by atoms with Gasteiger partial charge in [0.1, 0.15) is 5.76 Å². The van der Waals surface area contributed by atoms with Crippen LogP contribution >= 0.6 is 0 Å². The van der Waals surface area contributed by atoms with Crippen LogP contribution in [0.5, 0.6) is 0 Å². The van der Waals surface area contributed by atoms with Gasteiger partial charge in [-0.05, 0) is 31.7 Å². The molecule has 0 rings (SSSR count). The van der Waals surface area contributed by atoms with Crippen molar-refractivity contribution in [3.8, 4) is 0 Å². The first-order valence-corrected chi connectivity index (χ1v) is 3.95. The predicted octanol–water partition coefficient (Wildman–Crippen LogP) is 1.87. The molecule has 0 aromatic heterocycles. The molecule has 0 amide bonds. The summed E-state index contributed by atoms with van der Waals surface area (Å²) in [6, 6.07) is 0. The van der Waals surface area contributed by atoms with Gasteiger partial charge in [0.05, 0.1) is 7.11 Å². The van der Waals surface area contributed by atoms with Crippen LogP contribution in [0.25, 0.3) is 0 Å². The summed E-state index contributed by atoms with van der Waals surface area (Å²) in [5, 5.41) is 3.02. The number of allylic oxidation sites excluding steroid dienone is 2. The molecule has 0 aliphatic heterocycles. The Bertz CT molecular complexity index is 192. The molecule has 0 aromatic rings. The normalized spacial score (nSPS) is 12.1. The molecule has 0 bridgehead atoms. The average Bonchev–Trinajstić information content (AvgIpc) is 2.07. The van der Waals surface area contributed by atoms with Crippen molar-refractivity contribution in [1.29, 1.82) is 0 Å². The third-order valence-corrected chi connectivity index (χ3v) is 1.41. The van der Waals surface area contributed by atoms with Gasteiger partial charge >= 0.3 is 0 Å². The molecular formula is C10H17NO. The molecule has 0 unspecified atom stereocenters. The van der Waals surface area contributed by atoms with Crippen molar-refractivity contribution in [2.75, 3.05) is 20.7 Å². The molecule has 0 heterocycles. The molecular weight excluding hydrogens is 150 g/mol. The summed E-state index contributed by atoms with van der Waals surface area (Å²) in [7, 11) is 3.55. The van der Waals surface area contributed by atoms with Crippen LogP contribution in [0.1, 0.15) is 6.92 Å². The summed E-state index contributed by atoms with van der Waals surface area (Å²) in [6.45, 7) is 6.59. The van der Waals surface area contributed by atoms with Crippen LogP contribution in [-0.2, 0) is 4.74 Å². The van der Waals surface area contributed by atoms with Crippen molar-refractivity contribution in [2.24, 2.45) is 0 Å². The van der Waals surface area contributed by atoms with Gasteiger partial charge in [-0.1, -0.05) is 12.7 Å². The Morgan fingerprint density at radius 1 is 1.50 bits per heavy atom. The third-order valence-electron chi connectivity index (χ3n) is 1.41. The number of ether oxygens (including phenoxy) is 1. The van der Waals surface area contributed by atoms with E-state index in [1.807, 2.05) is 32.2 Å². The van der Waals surface area contributed by atoms with Gasteiger partial charge in [0.15, 0.2) is 0 Å². The molecule has 2 heteroatoms. The smallest absolute Gasteiger partial charge is 0.114 e. The molecule has 0 saturated carbocycles. The van der Waals surface area contributed by atoms with Crippen LogP contribution in [-0.4, -0.2) is 20.7 Å². The summed E-state index contributed by atoms with van der Waals surface area (Å²) in [5.74, 6) is 0.854. The number of nitrogens with one attached hydrogen (secondary N) is 1. The quantitative estimate of drug-likeness (QED) is 0.498. The topological polar surface area (TPSA) is 21.3 Å². The summed E-state index contributed by atoms with van der Waals surface area (Å²) in [4.78, 5) is 0. The molecule has 0 saturated heterocycles.